The van der Waals surface area contributed by atoms with Crippen LogP contribution in [0, 0.1) is 0 Å². The maximum absolute atomic E-state index is 9.33. The quantitative estimate of drug-likeness (QED) is 0.776. The van der Waals surface area contributed by atoms with E-state index in [2.05, 4.69) is 15.9 Å². The van der Waals surface area contributed by atoms with E-state index in [0.717, 1.165) is 21.0 Å². The van der Waals surface area contributed by atoms with Crippen molar-refractivity contribution in [3.63, 3.8) is 0 Å². The van der Waals surface area contributed by atoms with Crippen LogP contribution < -0.4 is 0 Å². The molecular weight excluding hydrogens is 272 g/mol. The normalized spacial score (nSPS) is 10.9. The summed E-state index contributed by atoms with van der Waals surface area (Å²) in [6, 6.07) is 5.51. The van der Waals surface area contributed by atoms with Gasteiger partial charge in [-0.05, 0) is 29.1 Å². The summed E-state index contributed by atoms with van der Waals surface area (Å²) in [6.45, 7) is 0. The Hall–Kier alpha value is -0.250. The molecule has 1 N–H and O–H groups in total. The second-order valence-electron chi connectivity index (χ2n) is 2.70. The van der Waals surface area contributed by atoms with Crippen molar-refractivity contribution < 1.29 is 5.11 Å². The van der Waals surface area contributed by atoms with Crippen LogP contribution in [-0.4, -0.2) is 5.11 Å². The van der Waals surface area contributed by atoms with Gasteiger partial charge in [0, 0.05) is 15.1 Å². The highest BCUT2D eigenvalue weighted by molar-refractivity contribution is 9.08. The molecule has 0 saturated heterocycles. The molecule has 0 spiro atoms. The number of halogens is 2. The summed E-state index contributed by atoms with van der Waals surface area (Å²) < 4.78 is 1.10. The molecule has 0 saturated carbocycles. The highest BCUT2D eigenvalue weighted by atomic mass is 79.9. The molecule has 0 fully saturated rings. The maximum Gasteiger partial charge on any atom is 0.172 e. The van der Waals surface area contributed by atoms with Crippen LogP contribution in [0.1, 0.15) is 5.56 Å². The first-order chi connectivity index (χ1) is 6.20. The molecule has 1 aromatic heterocycles. The van der Waals surface area contributed by atoms with Gasteiger partial charge in [-0.1, -0.05) is 38.9 Å². The zero-order valence-electron chi connectivity index (χ0n) is 6.55. The smallest absolute Gasteiger partial charge is 0.172 e. The van der Waals surface area contributed by atoms with E-state index >= 15 is 0 Å². The Labute approximate surface area is 93.1 Å². The van der Waals surface area contributed by atoms with Crippen LogP contribution in [0.2, 0.25) is 5.02 Å². The van der Waals surface area contributed by atoms with E-state index < -0.39 is 0 Å². The lowest BCUT2D eigenvalue weighted by Gasteiger charge is -1.98. The Kier molecular flexibility index (Phi) is 2.49. The summed E-state index contributed by atoms with van der Waals surface area (Å²) in [4.78, 5) is 0. The first kappa shape index (κ1) is 9.31. The Balaban J connectivity index is 2.80. The number of thiophene rings is 1. The molecule has 0 aliphatic heterocycles. The molecule has 0 atom stereocenters. The lowest BCUT2D eigenvalue weighted by Crippen LogP contribution is -1.76. The SMILES string of the molecule is Oc1cc2cc(Cl)cc(CBr)c2s1. The third-order valence-electron chi connectivity index (χ3n) is 1.79. The predicted octanol–water partition coefficient (Wildman–Crippen LogP) is 4.16. The maximum atomic E-state index is 9.33. The van der Waals surface area contributed by atoms with Gasteiger partial charge < -0.3 is 5.11 Å². The minimum atomic E-state index is 0.333. The van der Waals surface area contributed by atoms with E-state index in [0.29, 0.717) is 10.1 Å². The minimum absolute atomic E-state index is 0.333. The van der Waals surface area contributed by atoms with E-state index in [9.17, 15) is 5.11 Å². The van der Waals surface area contributed by atoms with Crippen LogP contribution >= 0.6 is 38.9 Å². The molecule has 0 amide bonds. The molecule has 0 unspecified atom stereocenters. The number of fused-ring (bicyclic) bond motifs is 1. The average Bonchev–Trinajstić information content (AvgIpc) is 2.43. The lowest BCUT2D eigenvalue weighted by molar-refractivity contribution is 0.491. The second kappa shape index (κ2) is 3.48. The minimum Gasteiger partial charge on any atom is -0.499 e. The lowest BCUT2D eigenvalue weighted by atomic mass is 10.2. The summed E-state index contributed by atoms with van der Waals surface area (Å²) in [5.74, 6) is 0. The Morgan fingerprint density at radius 1 is 1.38 bits per heavy atom. The third kappa shape index (κ3) is 1.68. The topological polar surface area (TPSA) is 20.2 Å². The fraction of sp³-hybridized carbons (Fsp3) is 0.111. The monoisotopic (exact) mass is 276 g/mol. The molecule has 0 bridgehead atoms. The van der Waals surface area contributed by atoms with Gasteiger partial charge in [0.2, 0.25) is 0 Å². The van der Waals surface area contributed by atoms with Gasteiger partial charge in [-0.25, -0.2) is 0 Å². The molecule has 2 rings (SSSR count). The highest BCUT2D eigenvalue weighted by Gasteiger charge is 2.06. The summed E-state index contributed by atoms with van der Waals surface area (Å²) in [5.41, 5.74) is 1.12. The zero-order valence-corrected chi connectivity index (χ0v) is 9.71. The Bertz CT molecular complexity index is 452. The second-order valence-corrected chi connectivity index (χ2v) is 4.73. The number of hydrogen-bond acceptors (Lipinski definition) is 2. The molecule has 2 aromatic rings. The van der Waals surface area contributed by atoms with Crippen molar-refractivity contribution in [2.45, 2.75) is 5.33 Å². The van der Waals surface area contributed by atoms with E-state index in [1.807, 2.05) is 12.1 Å². The van der Waals surface area contributed by atoms with Crippen LogP contribution in [0.4, 0.5) is 0 Å². The van der Waals surface area contributed by atoms with Crippen LogP contribution in [-0.2, 0) is 5.33 Å². The Morgan fingerprint density at radius 2 is 2.15 bits per heavy atom. The molecule has 1 aromatic carbocycles. The van der Waals surface area contributed by atoms with Crippen molar-refractivity contribution in [1.29, 1.82) is 0 Å². The van der Waals surface area contributed by atoms with Gasteiger partial charge in [-0.3, -0.25) is 0 Å². The zero-order chi connectivity index (χ0) is 9.42. The summed E-state index contributed by atoms with van der Waals surface area (Å²) in [7, 11) is 0. The van der Waals surface area contributed by atoms with Crippen LogP contribution in [0.3, 0.4) is 0 Å². The van der Waals surface area contributed by atoms with Crippen LogP contribution in [0.25, 0.3) is 10.1 Å². The third-order valence-corrected chi connectivity index (χ3v) is 3.64. The fourth-order valence-corrected chi connectivity index (χ4v) is 3.04. The molecule has 0 radical (unpaired) electrons. The van der Waals surface area contributed by atoms with Crippen molar-refractivity contribution in [2.75, 3.05) is 0 Å². The van der Waals surface area contributed by atoms with Gasteiger partial charge in [-0.15, -0.1) is 0 Å². The molecule has 0 aliphatic carbocycles. The van der Waals surface area contributed by atoms with Gasteiger partial charge >= 0.3 is 0 Å². The molecule has 1 heterocycles. The first-order valence-electron chi connectivity index (χ1n) is 3.67. The average molecular weight is 278 g/mol. The van der Waals surface area contributed by atoms with Gasteiger partial charge in [0.05, 0.1) is 0 Å². The number of alkyl halides is 1. The van der Waals surface area contributed by atoms with Crippen LogP contribution in [0.15, 0.2) is 18.2 Å². The van der Waals surface area contributed by atoms with E-state index in [-0.39, 0.29) is 0 Å². The summed E-state index contributed by atoms with van der Waals surface area (Å²) >= 11 is 10.7. The largest absolute Gasteiger partial charge is 0.499 e. The van der Waals surface area contributed by atoms with Crippen molar-refractivity contribution in [2.24, 2.45) is 0 Å². The van der Waals surface area contributed by atoms with Crippen molar-refractivity contribution in [3.8, 4) is 5.06 Å². The fourth-order valence-electron chi connectivity index (χ4n) is 1.27. The molecule has 4 heteroatoms. The van der Waals surface area contributed by atoms with Gasteiger partial charge in [0.25, 0.3) is 0 Å². The highest BCUT2D eigenvalue weighted by Crippen LogP contribution is 2.35. The predicted molar refractivity (Wildman–Crippen MR) is 61.1 cm³/mol. The number of hydrogen-bond donors (Lipinski definition) is 1. The molecule has 0 aliphatic rings. The summed E-state index contributed by atoms with van der Waals surface area (Å²) in [5, 5.41) is 12.1. The van der Waals surface area contributed by atoms with E-state index in [1.54, 1.807) is 6.07 Å². The summed E-state index contributed by atoms with van der Waals surface area (Å²) in [6.07, 6.45) is 0. The van der Waals surface area contributed by atoms with Crippen molar-refractivity contribution in [1.82, 2.24) is 0 Å². The van der Waals surface area contributed by atoms with Gasteiger partial charge in [0.15, 0.2) is 5.06 Å². The molecule has 1 nitrogen and oxygen atoms in total. The van der Waals surface area contributed by atoms with Crippen molar-refractivity contribution >= 4 is 49.0 Å². The molecule has 68 valence electrons. The van der Waals surface area contributed by atoms with Crippen molar-refractivity contribution in [3.05, 3.63) is 28.8 Å². The Morgan fingerprint density at radius 3 is 2.85 bits per heavy atom. The number of benzene rings is 1. The van der Waals surface area contributed by atoms with E-state index in [1.165, 1.54) is 11.3 Å². The van der Waals surface area contributed by atoms with E-state index in [4.69, 9.17) is 11.6 Å². The number of aromatic hydroxyl groups is 1. The molecular formula is C9H6BrClOS. The standard InChI is InChI=1S/C9H6BrClOS/c10-4-6-2-7(11)1-5-3-8(12)13-9(5)6/h1-3,12H,4H2. The molecule has 13 heavy (non-hydrogen) atoms. The van der Waals surface area contributed by atoms with Gasteiger partial charge in [0.1, 0.15) is 0 Å². The number of rotatable bonds is 1. The van der Waals surface area contributed by atoms with Crippen LogP contribution in [0.5, 0.6) is 5.06 Å². The first-order valence-corrected chi connectivity index (χ1v) is 5.99. The van der Waals surface area contributed by atoms with Gasteiger partial charge in [-0.2, -0.15) is 0 Å².